The average Bonchev–Trinajstić information content (AvgIpc) is 2.64. The fourth-order valence-electron chi connectivity index (χ4n) is 2.63. The number of aromatic nitrogens is 1. The quantitative estimate of drug-likeness (QED) is 0.580. The fraction of sp³-hybridized carbons (Fsp3) is 0.200. The van der Waals surface area contributed by atoms with Crippen molar-refractivity contribution in [3.8, 4) is 0 Å². The largest absolute Gasteiger partial charge is 0.352 e. The van der Waals surface area contributed by atoms with Crippen LogP contribution in [0.1, 0.15) is 17.5 Å². The van der Waals surface area contributed by atoms with Crippen LogP contribution in [-0.4, -0.2) is 17.4 Å². The highest BCUT2D eigenvalue weighted by Crippen LogP contribution is 2.09. The molecule has 0 aliphatic carbocycles. The summed E-state index contributed by atoms with van der Waals surface area (Å²) >= 11 is 0. The zero-order valence-electron chi connectivity index (χ0n) is 13.9. The number of aromatic amines is 1. The van der Waals surface area contributed by atoms with Gasteiger partial charge in [-0.2, -0.15) is 0 Å². The van der Waals surface area contributed by atoms with E-state index in [4.69, 9.17) is 0 Å². The van der Waals surface area contributed by atoms with E-state index in [0.29, 0.717) is 31.6 Å². The van der Waals surface area contributed by atoms with Crippen LogP contribution in [0.5, 0.6) is 0 Å². The van der Waals surface area contributed by atoms with Gasteiger partial charge in [0.2, 0.25) is 5.91 Å². The fourth-order valence-corrected chi connectivity index (χ4v) is 2.63. The van der Waals surface area contributed by atoms with Crippen LogP contribution in [0, 0.1) is 0 Å². The third kappa shape index (κ3) is 4.78. The first kappa shape index (κ1) is 16.9. The maximum Gasteiger partial charge on any atom is 0.252 e. The van der Waals surface area contributed by atoms with Crippen molar-refractivity contribution in [3.63, 3.8) is 0 Å². The number of hydrogen-bond acceptors (Lipinski definition) is 3. The number of carbonyl (C=O) groups excluding carboxylic acids is 1. The van der Waals surface area contributed by atoms with Crippen LogP contribution in [0.25, 0.3) is 10.9 Å². The molecule has 5 heteroatoms. The first-order valence-corrected chi connectivity index (χ1v) is 8.34. The first-order chi connectivity index (χ1) is 12.2. The summed E-state index contributed by atoms with van der Waals surface area (Å²) in [4.78, 5) is 26.8. The number of hydrogen-bond donors (Lipinski definition) is 3. The Morgan fingerprint density at radius 1 is 0.960 bits per heavy atom. The molecule has 0 atom stereocenters. The van der Waals surface area contributed by atoms with Crippen molar-refractivity contribution < 1.29 is 4.79 Å². The Kier molecular flexibility index (Phi) is 5.59. The predicted molar refractivity (Wildman–Crippen MR) is 99.2 cm³/mol. The number of H-pyrrole nitrogens is 1. The third-order valence-corrected chi connectivity index (χ3v) is 4.01. The maximum atomic E-state index is 12.0. The summed E-state index contributed by atoms with van der Waals surface area (Å²) in [6, 6.07) is 19.4. The molecule has 1 heterocycles. The number of fused-ring (bicyclic) bond motifs is 1. The molecule has 0 radical (unpaired) electrons. The second-order valence-electron chi connectivity index (χ2n) is 5.90. The van der Waals surface area contributed by atoms with E-state index in [2.05, 4.69) is 15.6 Å². The van der Waals surface area contributed by atoms with Crippen molar-refractivity contribution in [3.05, 3.63) is 82.1 Å². The number of amides is 1. The molecular weight excluding hydrogens is 314 g/mol. The van der Waals surface area contributed by atoms with Gasteiger partial charge in [0.25, 0.3) is 5.56 Å². The molecule has 128 valence electrons. The molecule has 0 bridgehead atoms. The molecule has 5 nitrogen and oxygen atoms in total. The van der Waals surface area contributed by atoms with Crippen LogP contribution < -0.4 is 16.2 Å². The summed E-state index contributed by atoms with van der Waals surface area (Å²) in [5, 5.41) is 7.04. The maximum absolute atomic E-state index is 12.0. The van der Waals surface area contributed by atoms with E-state index in [-0.39, 0.29) is 11.5 Å². The second kappa shape index (κ2) is 8.26. The first-order valence-electron chi connectivity index (χ1n) is 8.34. The number of carbonyl (C=O) groups is 1. The molecule has 0 spiro atoms. The molecule has 0 saturated heterocycles. The topological polar surface area (TPSA) is 74.0 Å². The van der Waals surface area contributed by atoms with Crippen molar-refractivity contribution in [2.75, 3.05) is 6.54 Å². The minimum Gasteiger partial charge on any atom is -0.352 e. The summed E-state index contributed by atoms with van der Waals surface area (Å²) in [6.07, 6.45) is 0.373. The Balaban J connectivity index is 1.44. The summed E-state index contributed by atoms with van der Waals surface area (Å²) in [5.74, 6) is -0.0104. The Hall–Kier alpha value is -2.92. The van der Waals surface area contributed by atoms with Crippen LogP contribution in [0.15, 0.2) is 65.5 Å². The Labute approximate surface area is 146 Å². The van der Waals surface area contributed by atoms with Crippen LogP contribution >= 0.6 is 0 Å². The van der Waals surface area contributed by atoms with E-state index >= 15 is 0 Å². The molecular formula is C20H21N3O2. The molecule has 1 aromatic heterocycles. The van der Waals surface area contributed by atoms with Crippen LogP contribution in [-0.2, 0) is 17.9 Å². The van der Waals surface area contributed by atoms with E-state index in [1.165, 1.54) is 0 Å². The second-order valence-corrected chi connectivity index (χ2v) is 5.90. The van der Waals surface area contributed by atoms with Gasteiger partial charge in [0.05, 0.1) is 0 Å². The number of rotatable bonds is 7. The molecule has 0 saturated carbocycles. The molecule has 3 aromatic rings. The van der Waals surface area contributed by atoms with Crippen molar-refractivity contribution in [2.45, 2.75) is 19.5 Å². The van der Waals surface area contributed by atoms with E-state index in [1.807, 2.05) is 60.7 Å². The van der Waals surface area contributed by atoms with Gasteiger partial charge in [-0.15, -0.1) is 0 Å². The molecule has 3 rings (SSSR count). The highest BCUT2D eigenvalue weighted by Gasteiger charge is 2.04. The SMILES string of the molecule is O=C(CCNCc1cc2ccccc2[nH]c1=O)NCc1ccccc1. The minimum atomic E-state index is -0.0975. The van der Waals surface area contributed by atoms with Crippen LogP contribution in [0.4, 0.5) is 0 Å². The lowest BCUT2D eigenvalue weighted by atomic mass is 10.1. The van der Waals surface area contributed by atoms with Crippen molar-refractivity contribution in [1.82, 2.24) is 15.6 Å². The minimum absolute atomic E-state index is 0.0104. The molecule has 1 amide bonds. The third-order valence-electron chi connectivity index (χ3n) is 4.01. The van der Waals surface area contributed by atoms with E-state index < -0.39 is 0 Å². The molecule has 2 aromatic carbocycles. The highest BCUT2D eigenvalue weighted by atomic mass is 16.1. The van der Waals surface area contributed by atoms with Crippen LogP contribution in [0.2, 0.25) is 0 Å². The lowest BCUT2D eigenvalue weighted by molar-refractivity contribution is -0.121. The summed E-state index contributed by atoms with van der Waals surface area (Å²) < 4.78 is 0. The van der Waals surface area contributed by atoms with Crippen molar-refractivity contribution in [1.29, 1.82) is 0 Å². The van der Waals surface area contributed by atoms with Gasteiger partial charge in [-0.05, 0) is 23.1 Å². The van der Waals surface area contributed by atoms with Gasteiger partial charge in [-0.3, -0.25) is 9.59 Å². The number of benzene rings is 2. The van der Waals surface area contributed by atoms with Gasteiger partial charge in [0.15, 0.2) is 0 Å². The number of pyridine rings is 1. The van der Waals surface area contributed by atoms with Gasteiger partial charge < -0.3 is 15.6 Å². The Bertz CT molecular complexity index is 903. The van der Waals surface area contributed by atoms with Gasteiger partial charge in [0, 0.05) is 37.1 Å². The summed E-state index contributed by atoms with van der Waals surface area (Å²) in [6.45, 7) is 1.49. The van der Waals surface area contributed by atoms with Gasteiger partial charge in [-0.1, -0.05) is 48.5 Å². The molecule has 25 heavy (non-hydrogen) atoms. The van der Waals surface area contributed by atoms with Crippen molar-refractivity contribution >= 4 is 16.8 Å². The monoisotopic (exact) mass is 335 g/mol. The highest BCUT2D eigenvalue weighted by molar-refractivity contribution is 5.78. The molecule has 0 fully saturated rings. The zero-order valence-corrected chi connectivity index (χ0v) is 13.9. The average molecular weight is 335 g/mol. The smallest absolute Gasteiger partial charge is 0.252 e. The van der Waals surface area contributed by atoms with E-state index in [0.717, 1.165) is 16.5 Å². The molecule has 0 aliphatic rings. The lowest BCUT2D eigenvalue weighted by Crippen LogP contribution is -2.28. The van der Waals surface area contributed by atoms with Crippen molar-refractivity contribution in [2.24, 2.45) is 0 Å². The molecule has 0 unspecified atom stereocenters. The van der Waals surface area contributed by atoms with Gasteiger partial charge in [-0.25, -0.2) is 0 Å². The molecule has 0 aliphatic heterocycles. The Morgan fingerprint density at radius 2 is 1.72 bits per heavy atom. The normalized spacial score (nSPS) is 10.7. The van der Waals surface area contributed by atoms with Gasteiger partial charge >= 0.3 is 0 Å². The predicted octanol–water partition coefficient (Wildman–Crippen LogP) is 2.32. The summed E-state index contributed by atoms with van der Waals surface area (Å²) in [5.41, 5.74) is 2.48. The molecule has 3 N–H and O–H groups in total. The lowest BCUT2D eigenvalue weighted by Gasteiger charge is -2.07. The number of nitrogens with one attached hydrogen (secondary N) is 3. The van der Waals surface area contributed by atoms with E-state index in [9.17, 15) is 9.59 Å². The zero-order chi connectivity index (χ0) is 17.5. The Morgan fingerprint density at radius 3 is 2.56 bits per heavy atom. The van der Waals surface area contributed by atoms with Crippen LogP contribution in [0.3, 0.4) is 0 Å². The van der Waals surface area contributed by atoms with E-state index in [1.54, 1.807) is 0 Å². The number of para-hydroxylation sites is 1. The summed E-state index contributed by atoms with van der Waals surface area (Å²) in [7, 11) is 0. The standard InChI is InChI=1S/C20H21N3O2/c24-19(22-13-15-6-2-1-3-7-15)10-11-21-14-17-12-16-8-4-5-9-18(16)23-20(17)25/h1-9,12,21H,10-11,13-14H2,(H,22,24)(H,23,25). The van der Waals surface area contributed by atoms with Gasteiger partial charge in [0.1, 0.15) is 0 Å².